The number of carbonyl (C=O) groups is 1. The van der Waals surface area contributed by atoms with Gasteiger partial charge in [0.2, 0.25) is 0 Å². The molecule has 0 bridgehead atoms. The number of rotatable bonds is 6. The summed E-state index contributed by atoms with van der Waals surface area (Å²) in [7, 11) is 3.04. The van der Waals surface area contributed by atoms with Gasteiger partial charge in [-0.25, -0.2) is 0 Å². The average molecular weight is 253 g/mol. The number of hydrogen-bond acceptors (Lipinski definition) is 4. The molecule has 1 rings (SSSR count). The standard InChI is InChI=1S/C13H19NO4/c1-4-9(8-15)14-13(16)11-6-5-10(17-2)7-12(11)18-3/h5-7,9,15H,4,8H2,1-3H3,(H,14,16)/t9-/m0/s1. The van der Waals surface area contributed by atoms with Crippen molar-refractivity contribution in [2.75, 3.05) is 20.8 Å². The molecule has 0 unspecified atom stereocenters. The zero-order valence-corrected chi connectivity index (χ0v) is 10.9. The minimum absolute atomic E-state index is 0.0826. The Morgan fingerprint density at radius 2 is 2.11 bits per heavy atom. The summed E-state index contributed by atoms with van der Waals surface area (Å²) >= 11 is 0. The number of nitrogens with one attached hydrogen (secondary N) is 1. The van der Waals surface area contributed by atoms with E-state index < -0.39 is 0 Å². The highest BCUT2D eigenvalue weighted by Crippen LogP contribution is 2.24. The minimum Gasteiger partial charge on any atom is -0.497 e. The molecule has 1 aromatic rings. The van der Waals surface area contributed by atoms with Crippen LogP contribution >= 0.6 is 0 Å². The molecule has 0 radical (unpaired) electrons. The van der Waals surface area contributed by atoms with E-state index in [1.165, 1.54) is 7.11 Å². The highest BCUT2D eigenvalue weighted by molar-refractivity contribution is 5.97. The van der Waals surface area contributed by atoms with Gasteiger partial charge in [-0.1, -0.05) is 6.92 Å². The smallest absolute Gasteiger partial charge is 0.255 e. The molecular formula is C13H19NO4. The van der Waals surface area contributed by atoms with Gasteiger partial charge >= 0.3 is 0 Å². The van der Waals surface area contributed by atoms with E-state index in [2.05, 4.69) is 5.32 Å². The molecule has 1 amide bonds. The van der Waals surface area contributed by atoms with Crippen molar-refractivity contribution in [2.45, 2.75) is 19.4 Å². The van der Waals surface area contributed by atoms with Gasteiger partial charge in [0.1, 0.15) is 11.5 Å². The summed E-state index contributed by atoms with van der Waals surface area (Å²) in [6.07, 6.45) is 0.667. The minimum atomic E-state index is -0.268. The van der Waals surface area contributed by atoms with Crippen LogP contribution in [0.25, 0.3) is 0 Å². The Morgan fingerprint density at radius 1 is 1.39 bits per heavy atom. The molecule has 5 heteroatoms. The number of benzene rings is 1. The van der Waals surface area contributed by atoms with Crippen molar-refractivity contribution >= 4 is 5.91 Å². The first-order valence-corrected chi connectivity index (χ1v) is 5.80. The number of methoxy groups -OCH3 is 2. The Hall–Kier alpha value is -1.75. The van der Waals surface area contributed by atoms with Gasteiger partial charge in [0.15, 0.2) is 0 Å². The molecule has 1 aromatic carbocycles. The van der Waals surface area contributed by atoms with E-state index in [1.54, 1.807) is 25.3 Å². The molecule has 0 saturated carbocycles. The molecular weight excluding hydrogens is 234 g/mol. The predicted octanol–water partition coefficient (Wildman–Crippen LogP) is 1.20. The zero-order chi connectivity index (χ0) is 13.5. The summed E-state index contributed by atoms with van der Waals surface area (Å²) in [4.78, 5) is 12.0. The molecule has 0 fully saturated rings. The molecule has 18 heavy (non-hydrogen) atoms. The lowest BCUT2D eigenvalue weighted by Crippen LogP contribution is -2.37. The Bertz CT molecular complexity index is 402. The monoisotopic (exact) mass is 253 g/mol. The van der Waals surface area contributed by atoms with Crippen molar-refractivity contribution in [3.05, 3.63) is 23.8 Å². The summed E-state index contributed by atoms with van der Waals surface area (Å²) in [5, 5.41) is 11.8. The van der Waals surface area contributed by atoms with Crippen molar-refractivity contribution < 1.29 is 19.4 Å². The largest absolute Gasteiger partial charge is 0.497 e. The zero-order valence-electron chi connectivity index (χ0n) is 10.9. The Kier molecular flexibility index (Phi) is 5.45. The fraction of sp³-hybridized carbons (Fsp3) is 0.462. The Labute approximate surface area is 107 Å². The van der Waals surface area contributed by atoms with E-state index in [9.17, 15) is 4.79 Å². The number of carbonyl (C=O) groups excluding carboxylic acids is 1. The predicted molar refractivity (Wildman–Crippen MR) is 68.2 cm³/mol. The third kappa shape index (κ3) is 3.37. The van der Waals surface area contributed by atoms with Crippen LogP contribution in [0.2, 0.25) is 0 Å². The van der Waals surface area contributed by atoms with E-state index in [1.807, 2.05) is 6.92 Å². The van der Waals surface area contributed by atoms with Crippen LogP contribution in [0.15, 0.2) is 18.2 Å². The van der Waals surface area contributed by atoms with Gasteiger partial charge in [-0.05, 0) is 18.6 Å². The summed E-state index contributed by atoms with van der Waals surface area (Å²) in [6.45, 7) is 1.81. The van der Waals surface area contributed by atoms with Crippen LogP contribution in [0.4, 0.5) is 0 Å². The van der Waals surface area contributed by atoms with E-state index in [0.29, 0.717) is 23.5 Å². The van der Waals surface area contributed by atoms with E-state index in [4.69, 9.17) is 14.6 Å². The topological polar surface area (TPSA) is 67.8 Å². The number of amides is 1. The molecule has 100 valence electrons. The third-order valence-electron chi connectivity index (χ3n) is 2.70. The van der Waals surface area contributed by atoms with Crippen LogP contribution in [-0.2, 0) is 0 Å². The van der Waals surface area contributed by atoms with E-state index >= 15 is 0 Å². The maximum absolute atomic E-state index is 12.0. The molecule has 0 aliphatic rings. The van der Waals surface area contributed by atoms with Crippen molar-refractivity contribution in [2.24, 2.45) is 0 Å². The molecule has 0 saturated heterocycles. The molecule has 0 aliphatic carbocycles. The number of hydrogen-bond donors (Lipinski definition) is 2. The molecule has 2 N–H and O–H groups in total. The van der Waals surface area contributed by atoms with Crippen LogP contribution in [0.5, 0.6) is 11.5 Å². The third-order valence-corrected chi connectivity index (χ3v) is 2.70. The first-order chi connectivity index (χ1) is 8.65. The van der Waals surface area contributed by atoms with Gasteiger partial charge < -0.3 is 19.9 Å². The normalized spacial score (nSPS) is 11.8. The maximum atomic E-state index is 12.0. The van der Waals surface area contributed by atoms with Crippen molar-refractivity contribution in [1.29, 1.82) is 0 Å². The highest BCUT2D eigenvalue weighted by atomic mass is 16.5. The lowest BCUT2D eigenvalue weighted by Gasteiger charge is -2.15. The SMILES string of the molecule is CC[C@@H](CO)NC(=O)c1ccc(OC)cc1OC. The number of aliphatic hydroxyl groups excluding tert-OH is 1. The van der Waals surface area contributed by atoms with E-state index in [-0.39, 0.29) is 18.6 Å². The maximum Gasteiger partial charge on any atom is 0.255 e. The van der Waals surface area contributed by atoms with Gasteiger partial charge in [0, 0.05) is 6.07 Å². The van der Waals surface area contributed by atoms with Gasteiger partial charge in [-0.3, -0.25) is 4.79 Å². The second-order valence-corrected chi connectivity index (χ2v) is 3.83. The van der Waals surface area contributed by atoms with Crippen LogP contribution in [0.3, 0.4) is 0 Å². The lowest BCUT2D eigenvalue weighted by molar-refractivity contribution is 0.0912. The number of ether oxygens (including phenoxy) is 2. The number of aliphatic hydroxyl groups is 1. The van der Waals surface area contributed by atoms with Crippen molar-refractivity contribution in [3.63, 3.8) is 0 Å². The van der Waals surface area contributed by atoms with Gasteiger partial charge in [-0.15, -0.1) is 0 Å². The van der Waals surface area contributed by atoms with Gasteiger partial charge in [0.25, 0.3) is 5.91 Å². The molecule has 5 nitrogen and oxygen atoms in total. The molecule has 0 aliphatic heterocycles. The van der Waals surface area contributed by atoms with Crippen LogP contribution < -0.4 is 14.8 Å². The molecule has 0 spiro atoms. The Balaban J connectivity index is 2.91. The van der Waals surface area contributed by atoms with Crippen LogP contribution in [0, 0.1) is 0 Å². The molecule has 1 atom stereocenters. The summed E-state index contributed by atoms with van der Waals surface area (Å²) in [5.41, 5.74) is 0.421. The first-order valence-electron chi connectivity index (χ1n) is 5.80. The second kappa shape index (κ2) is 6.86. The first kappa shape index (κ1) is 14.3. The van der Waals surface area contributed by atoms with Gasteiger partial charge in [0.05, 0.1) is 32.4 Å². The molecule has 0 heterocycles. The van der Waals surface area contributed by atoms with Crippen LogP contribution in [0.1, 0.15) is 23.7 Å². The fourth-order valence-corrected chi connectivity index (χ4v) is 1.53. The second-order valence-electron chi connectivity index (χ2n) is 3.83. The van der Waals surface area contributed by atoms with E-state index in [0.717, 1.165) is 0 Å². The summed E-state index contributed by atoms with van der Waals surface area (Å²) in [5.74, 6) is 0.799. The fourth-order valence-electron chi connectivity index (χ4n) is 1.53. The quantitative estimate of drug-likeness (QED) is 0.799. The van der Waals surface area contributed by atoms with Crippen molar-refractivity contribution in [3.8, 4) is 11.5 Å². The summed E-state index contributed by atoms with van der Waals surface area (Å²) in [6, 6.07) is 4.73. The van der Waals surface area contributed by atoms with Crippen LogP contribution in [-0.4, -0.2) is 37.9 Å². The molecule has 0 aromatic heterocycles. The average Bonchev–Trinajstić information content (AvgIpc) is 2.43. The lowest BCUT2D eigenvalue weighted by atomic mass is 10.1. The highest BCUT2D eigenvalue weighted by Gasteiger charge is 2.16. The van der Waals surface area contributed by atoms with Gasteiger partial charge in [-0.2, -0.15) is 0 Å². The van der Waals surface area contributed by atoms with Crippen molar-refractivity contribution in [1.82, 2.24) is 5.32 Å². The Morgan fingerprint density at radius 3 is 2.61 bits per heavy atom. The summed E-state index contributed by atoms with van der Waals surface area (Å²) < 4.78 is 10.2.